The lowest BCUT2D eigenvalue weighted by Crippen LogP contribution is -2.58. The third kappa shape index (κ3) is 1.50. The molecule has 0 aromatic carbocycles. The predicted octanol–water partition coefficient (Wildman–Crippen LogP) is 1.97. The molecule has 0 atom stereocenters. The van der Waals surface area contributed by atoms with Crippen LogP contribution in [-0.2, 0) is 4.79 Å². The van der Waals surface area contributed by atoms with E-state index in [1.807, 2.05) is 4.90 Å². The van der Waals surface area contributed by atoms with Gasteiger partial charge in [-0.05, 0) is 26.2 Å². The number of amides is 1. The summed E-state index contributed by atoms with van der Waals surface area (Å²) in [7, 11) is 0. The van der Waals surface area contributed by atoms with Crippen LogP contribution < -0.4 is 0 Å². The molecule has 0 N–H and O–H groups in total. The minimum Gasteiger partial charge on any atom is -0.342 e. The number of carbonyl (C=O) groups is 1. The Labute approximate surface area is 79.6 Å². The molecule has 1 saturated heterocycles. The van der Waals surface area contributed by atoms with Crippen LogP contribution >= 0.6 is 0 Å². The first-order valence-corrected chi connectivity index (χ1v) is 5.02. The molecule has 72 valence electrons. The second-order valence-electron chi connectivity index (χ2n) is 4.63. The summed E-state index contributed by atoms with van der Waals surface area (Å²) in [4.78, 5) is 13.0. The van der Waals surface area contributed by atoms with Crippen LogP contribution in [0.25, 0.3) is 0 Å². The predicted molar refractivity (Wildman–Crippen MR) is 52.3 cm³/mol. The fraction of sp³-hybridized carbons (Fsp3) is 0.727. The van der Waals surface area contributed by atoms with E-state index in [9.17, 15) is 4.79 Å². The zero-order valence-electron chi connectivity index (χ0n) is 8.47. The summed E-state index contributed by atoms with van der Waals surface area (Å²) < 4.78 is 0. The minimum atomic E-state index is 0.233. The molecule has 0 aromatic heterocycles. The Kier molecular flexibility index (Phi) is 1.94. The molecule has 1 amide bonds. The Balaban J connectivity index is 1.94. The van der Waals surface area contributed by atoms with Gasteiger partial charge in [-0.15, -0.1) is 0 Å². The van der Waals surface area contributed by atoms with E-state index in [1.165, 1.54) is 24.8 Å². The number of hydrogen-bond acceptors (Lipinski definition) is 1. The lowest BCUT2D eigenvalue weighted by Gasteiger charge is -2.51. The molecule has 0 aromatic rings. The molecule has 1 fully saturated rings. The quantitative estimate of drug-likeness (QED) is 0.521. The molecule has 2 nitrogen and oxygen atoms in total. The van der Waals surface area contributed by atoms with E-state index in [0.717, 1.165) is 13.1 Å². The Morgan fingerprint density at radius 2 is 2.23 bits per heavy atom. The maximum absolute atomic E-state index is 11.0. The number of carbonyl (C=O) groups excluding carboxylic acids is 1. The monoisotopic (exact) mass is 179 g/mol. The van der Waals surface area contributed by atoms with Crippen molar-refractivity contribution in [2.75, 3.05) is 13.1 Å². The fourth-order valence-electron chi connectivity index (χ4n) is 2.33. The second kappa shape index (κ2) is 2.86. The highest BCUT2D eigenvalue weighted by Crippen LogP contribution is 2.42. The summed E-state index contributed by atoms with van der Waals surface area (Å²) in [6, 6.07) is 0. The number of rotatable bonds is 0. The first-order chi connectivity index (χ1) is 6.11. The molecule has 2 heteroatoms. The van der Waals surface area contributed by atoms with Gasteiger partial charge in [0.2, 0.25) is 5.91 Å². The number of hydrogen-bond donors (Lipinski definition) is 0. The third-order valence-corrected chi connectivity index (χ3v) is 3.43. The largest absolute Gasteiger partial charge is 0.342 e. The van der Waals surface area contributed by atoms with Gasteiger partial charge in [-0.25, -0.2) is 0 Å². The molecule has 1 aliphatic carbocycles. The van der Waals surface area contributed by atoms with Gasteiger partial charge in [-0.2, -0.15) is 0 Å². The lowest BCUT2D eigenvalue weighted by molar-refractivity contribution is -0.141. The lowest BCUT2D eigenvalue weighted by atomic mass is 9.69. The van der Waals surface area contributed by atoms with Crippen molar-refractivity contribution in [2.45, 2.75) is 33.1 Å². The van der Waals surface area contributed by atoms with Gasteiger partial charge in [0.1, 0.15) is 0 Å². The zero-order chi connectivity index (χ0) is 9.47. The topological polar surface area (TPSA) is 20.3 Å². The van der Waals surface area contributed by atoms with Crippen LogP contribution in [0.3, 0.4) is 0 Å². The molecule has 2 rings (SSSR count). The van der Waals surface area contributed by atoms with E-state index >= 15 is 0 Å². The van der Waals surface area contributed by atoms with Gasteiger partial charge in [0.25, 0.3) is 0 Å². The van der Waals surface area contributed by atoms with Crippen molar-refractivity contribution in [2.24, 2.45) is 5.41 Å². The van der Waals surface area contributed by atoms with E-state index in [-0.39, 0.29) is 5.91 Å². The van der Waals surface area contributed by atoms with E-state index in [4.69, 9.17) is 0 Å². The Hall–Kier alpha value is -0.790. The highest BCUT2D eigenvalue weighted by Gasteiger charge is 2.43. The Bertz CT molecular complexity index is 261. The van der Waals surface area contributed by atoms with Crippen LogP contribution in [-0.4, -0.2) is 23.9 Å². The SMILES string of the molecule is CC(=O)N1CC2(CC=C(C)CC2)C1. The summed E-state index contributed by atoms with van der Waals surface area (Å²) in [6.07, 6.45) is 6.04. The molecular formula is C11H17NO. The maximum Gasteiger partial charge on any atom is 0.219 e. The standard InChI is InChI=1S/C11H17NO/c1-9-3-5-11(6-4-9)7-12(8-11)10(2)13/h3H,4-8H2,1-2H3. The number of likely N-dealkylation sites (tertiary alicyclic amines) is 1. The fourth-order valence-corrected chi connectivity index (χ4v) is 2.33. The van der Waals surface area contributed by atoms with Crippen LogP contribution in [0.2, 0.25) is 0 Å². The second-order valence-corrected chi connectivity index (χ2v) is 4.63. The third-order valence-electron chi connectivity index (χ3n) is 3.43. The van der Waals surface area contributed by atoms with Crippen molar-refractivity contribution in [3.63, 3.8) is 0 Å². The normalized spacial score (nSPS) is 25.4. The van der Waals surface area contributed by atoms with Gasteiger partial charge >= 0.3 is 0 Å². The van der Waals surface area contributed by atoms with Gasteiger partial charge in [0.15, 0.2) is 0 Å². The number of allylic oxidation sites excluding steroid dienone is 2. The average molecular weight is 179 g/mol. The maximum atomic E-state index is 11.0. The van der Waals surface area contributed by atoms with Crippen molar-refractivity contribution in [1.29, 1.82) is 0 Å². The van der Waals surface area contributed by atoms with Crippen molar-refractivity contribution in [3.8, 4) is 0 Å². The van der Waals surface area contributed by atoms with Crippen LogP contribution in [0.4, 0.5) is 0 Å². The van der Waals surface area contributed by atoms with E-state index in [1.54, 1.807) is 6.92 Å². The van der Waals surface area contributed by atoms with Crippen molar-refractivity contribution >= 4 is 5.91 Å². The number of nitrogens with zero attached hydrogens (tertiary/aromatic N) is 1. The Morgan fingerprint density at radius 1 is 1.54 bits per heavy atom. The van der Waals surface area contributed by atoms with E-state index in [0.29, 0.717) is 5.41 Å². The first-order valence-electron chi connectivity index (χ1n) is 5.02. The van der Waals surface area contributed by atoms with Gasteiger partial charge in [0, 0.05) is 25.4 Å². The average Bonchev–Trinajstić information content (AvgIpc) is 2.02. The van der Waals surface area contributed by atoms with Gasteiger partial charge in [0.05, 0.1) is 0 Å². The summed E-state index contributed by atoms with van der Waals surface area (Å²) >= 11 is 0. The van der Waals surface area contributed by atoms with Crippen LogP contribution in [0.5, 0.6) is 0 Å². The summed E-state index contributed by atoms with van der Waals surface area (Å²) in [5, 5.41) is 0. The molecule has 2 aliphatic rings. The molecule has 0 saturated carbocycles. The minimum absolute atomic E-state index is 0.233. The summed E-state index contributed by atoms with van der Waals surface area (Å²) in [6.45, 7) is 5.85. The Morgan fingerprint density at radius 3 is 2.69 bits per heavy atom. The molecule has 1 spiro atoms. The van der Waals surface area contributed by atoms with Gasteiger partial charge < -0.3 is 4.90 Å². The smallest absolute Gasteiger partial charge is 0.219 e. The molecule has 1 heterocycles. The van der Waals surface area contributed by atoms with Crippen LogP contribution in [0.1, 0.15) is 33.1 Å². The van der Waals surface area contributed by atoms with Crippen LogP contribution in [0.15, 0.2) is 11.6 Å². The molecule has 0 unspecified atom stereocenters. The summed E-state index contributed by atoms with van der Waals surface area (Å²) in [5.74, 6) is 0.233. The highest BCUT2D eigenvalue weighted by molar-refractivity contribution is 5.74. The molecule has 0 radical (unpaired) electrons. The first kappa shape index (κ1) is 8.79. The van der Waals surface area contributed by atoms with E-state index < -0.39 is 0 Å². The summed E-state index contributed by atoms with van der Waals surface area (Å²) in [5.41, 5.74) is 1.98. The molecule has 0 bridgehead atoms. The zero-order valence-corrected chi connectivity index (χ0v) is 8.47. The van der Waals surface area contributed by atoms with Crippen molar-refractivity contribution in [1.82, 2.24) is 4.90 Å². The van der Waals surface area contributed by atoms with E-state index in [2.05, 4.69) is 13.0 Å². The van der Waals surface area contributed by atoms with Crippen molar-refractivity contribution < 1.29 is 4.79 Å². The highest BCUT2D eigenvalue weighted by atomic mass is 16.2. The van der Waals surface area contributed by atoms with Crippen molar-refractivity contribution in [3.05, 3.63) is 11.6 Å². The van der Waals surface area contributed by atoms with Crippen LogP contribution in [0, 0.1) is 5.41 Å². The molecule has 1 aliphatic heterocycles. The molecule has 13 heavy (non-hydrogen) atoms. The van der Waals surface area contributed by atoms with Gasteiger partial charge in [-0.1, -0.05) is 11.6 Å². The molecular weight excluding hydrogens is 162 g/mol. The van der Waals surface area contributed by atoms with Gasteiger partial charge in [-0.3, -0.25) is 4.79 Å².